The van der Waals surface area contributed by atoms with Gasteiger partial charge in [0.05, 0.1) is 0 Å². The average Bonchev–Trinajstić information content (AvgIpc) is 2.12. The van der Waals surface area contributed by atoms with E-state index in [9.17, 15) is 9.59 Å². The second-order valence-corrected chi connectivity index (χ2v) is 2.23. The summed E-state index contributed by atoms with van der Waals surface area (Å²) in [6, 6.07) is 0. The number of rotatable bonds is 5. The van der Waals surface area contributed by atoms with Gasteiger partial charge in [0.25, 0.3) is 0 Å². The lowest BCUT2D eigenvalue weighted by Gasteiger charge is -2.20. The summed E-state index contributed by atoms with van der Waals surface area (Å²) in [5.41, 5.74) is 0. The van der Waals surface area contributed by atoms with E-state index in [0.29, 0.717) is 0 Å². The standard InChI is InChI=1S/C6H10O6.H2O/c7-1-3(9)5(11)6(12)4(10)2-8;/h1-6,9-12H;1H2/t3-,4+,5-,6-;/m1./s1. The Morgan fingerprint density at radius 2 is 1.00 bits per heavy atom. The number of aldehydes is 2. The molecule has 0 saturated carbocycles. The summed E-state index contributed by atoms with van der Waals surface area (Å²) in [6.45, 7) is 0. The number of aliphatic hydroxyl groups is 4. The lowest BCUT2D eigenvalue weighted by Crippen LogP contribution is -2.45. The predicted octanol–water partition coefficient (Wildman–Crippen LogP) is -4.00. The van der Waals surface area contributed by atoms with Crippen molar-refractivity contribution in [3.8, 4) is 0 Å². The molecule has 0 saturated heterocycles. The summed E-state index contributed by atoms with van der Waals surface area (Å²) < 4.78 is 0. The van der Waals surface area contributed by atoms with Gasteiger partial charge < -0.3 is 35.5 Å². The summed E-state index contributed by atoms with van der Waals surface area (Å²) in [5, 5.41) is 34.9. The van der Waals surface area contributed by atoms with Crippen LogP contribution in [0.4, 0.5) is 0 Å². The average molecular weight is 196 g/mol. The molecule has 0 heterocycles. The molecule has 0 aliphatic rings. The Morgan fingerprint density at radius 3 is 1.15 bits per heavy atom. The third kappa shape index (κ3) is 4.06. The minimum Gasteiger partial charge on any atom is -0.412 e. The highest BCUT2D eigenvalue weighted by Gasteiger charge is 2.29. The van der Waals surface area contributed by atoms with Crippen molar-refractivity contribution in [3.05, 3.63) is 0 Å². The first kappa shape index (κ1) is 14.7. The van der Waals surface area contributed by atoms with Crippen LogP contribution in [-0.4, -0.2) is 62.9 Å². The zero-order chi connectivity index (χ0) is 9.72. The van der Waals surface area contributed by atoms with Crippen LogP contribution in [0.5, 0.6) is 0 Å². The van der Waals surface area contributed by atoms with Gasteiger partial charge in [0.2, 0.25) is 0 Å². The SMILES string of the molecule is O.O=C[C@@H](O)[C@@H](O)[C@H](O)[C@@H](O)C=O. The number of carbonyl (C=O) groups is 2. The molecule has 7 nitrogen and oxygen atoms in total. The number of aliphatic hydroxyl groups excluding tert-OH is 4. The number of carbonyl (C=O) groups excluding carboxylic acids is 2. The molecule has 78 valence electrons. The van der Waals surface area contributed by atoms with Crippen LogP contribution in [0.25, 0.3) is 0 Å². The van der Waals surface area contributed by atoms with Crippen molar-refractivity contribution in [2.24, 2.45) is 0 Å². The van der Waals surface area contributed by atoms with Crippen molar-refractivity contribution in [1.29, 1.82) is 0 Å². The molecule has 0 spiro atoms. The number of hydrogen-bond acceptors (Lipinski definition) is 6. The Hall–Kier alpha value is -0.860. The van der Waals surface area contributed by atoms with E-state index in [1.54, 1.807) is 0 Å². The molecular formula is C6H12O7. The smallest absolute Gasteiger partial charge is 0.151 e. The van der Waals surface area contributed by atoms with Crippen LogP contribution in [0.1, 0.15) is 0 Å². The zero-order valence-electron chi connectivity index (χ0n) is 6.57. The predicted molar refractivity (Wildman–Crippen MR) is 39.8 cm³/mol. The van der Waals surface area contributed by atoms with E-state index in [0.717, 1.165) is 0 Å². The minimum absolute atomic E-state index is 0. The lowest BCUT2D eigenvalue weighted by atomic mass is 10.1. The van der Waals surface area contributed by atoms with Crippen LogP contribution < -0.4 is 0 Å². The molecule has 0 aliphatic carbocycles. The van der Waals surface area contributed by atoms with Gasteiger partial charge in [-0.05, 0) is 0 Å². The Morgan fingerprint density at radius 1 is 0.769 bits per heavy atom. The van der Waals surface area contributed by atoms with Crippen molar-refractivity contribution in [1.82, 2.24) is 0 Å². The molecule has 7 heteroatoms. The van der Waals surface area contributed by atoms with Crippen molar-refractivity contribution in [2.45, 2.75) is 24.4 Å². The topological polar surface area (TPSA) is 147 Å². The fourth-order valence-corrected chi connectivity index (χ4v) is 0.565. The maximum atomic E-state index is 9.87. The van der Waals surface area contributed by atoms with Gasteiger partial charge in [0.15, 0.2) is 12.6 Å². The highest BCUT2D eigenvalue weighted by molar-refractivity contribution is 5.59. The van der Waals surface area contributed by atoms with Crippen LogP contribution in [0.2, 0.25) is 0 Å². The summed E-state index contributed by atoms with van der Waals surface area (Å²) in [6.07, 6.45) is -7.36. The maximum Gasteiger partial charge on any atom is 0.151 e. The van der Waals surface area contributed by atoms with Crippen molar-refractivity contribution in [3.63, 3.8) is 0 Å². The number of hydrogen-bond donors (Lipinski definition) is 4. The third-order valence-corrected chi connectivity index (χ3v) is 1.33. The van der Waals surface area contributed by atoms with E-state index in [1.807, 2.05) is 0 Å². The monoisotopic (exact) mass is 196 g/mol. The lowest BCUT2D eigenvalue weighted by molar-refractivity contribution is -0.140. The molecule has 13 heavy (non-hydrogen) atoms. The Balaban J connectivity index is 0. The fraction of sp³-hybridized carbons (Fsp3) is 0.667. The molecule has 0 radical (unpaired) electrons. The zero-order valence-corrected chi connectivity index (χ0v) is 6.57. The van der Waals surface area contributed by atoms with Crippen LogP contribution in [0.3, 0.4) is 0 Å². The molecule has 0 bridgehead atoms. The first-order valence-electron chi connectivity index (χ1n) is 3.17. The first-order valence-corrected chi connectivity index (χ1v) is 3.17. The fourth-order valence-electron chi connectivity index (χ4n) is 0.565. The van der Waals surface area contributed by atoms with Crippen LogP contribution in [-0.2, 0) is 9.59 Å². The van der Waals surface area contributed by atoms with E-state index in [1.165, 1.54) is 0 Å². The minimum atomic E-state index is -1.86. The van der Waals surface area contributed by atoms with E-state index in [2.05, 4.69) is 0 Å². The van der Waals surface area contributed by atoms with E-state index in [-0.39, 0.29) is 18.0 Å². The molecule has 6 N–H and O–H groups in total. The molecule has 0 rings (SSSR count). The van der Waals surface area contributed by atoms with Crippen molar-refractivity contribution >= 4 is 12.6 Å². The summed E-state index contributed by atoms with van der Waals surface area (Å²) >= 11 is 0. The van der Waals surface area contributed by atoms with Crippen LogP contribution in [0.15, 0.2) is 0 Å². The van der Waals surface area contributed by atoms with Gasteiger partial charge >= 0.3 is 0 Å². The van der Waals surface area contributed by atoms with E-state index in [4.69, 9.17) is 20.4 Å². The second-order valence-electron chi connectivity index (χ2n) is 2.23. The molecule has 0 aliphatic heterocycles. The van der Waals surface area contributed by atoms with E-state index >= 15 is 0 Å². The quantitative estimate of drug-likeness (QED) is 0.329. The summed E-state index contributed by atoms with van der Waals surface area (Å²) in [5.74, 6) is 0. The first-order chi connectivity index (χ1) is 5.54. The van der Waals surface area contributed by atoms with Gasteiger partial charge in [-0.15, -0.1) is 0 Å². The summed E-state index contributed by atoms with van der Waals surface area (Å²) in [4.78, 5) is 19.7. The molecule has 0 amide bonds. The highest BCUT2D eigenvalue weighted by Crippen LogP contribution is 2.01. The molecular weight excluding hydrogens is 184 g/mol. The van der Waals surface area contributed by atoms with Gasteiger partial charge in [-0.25, -0.2) is 0 Å². The molecule has 4 atom stereocenters. The largest absolute Gasteiger partial charge is 0.412 e. The Labute approximate surface area is 73.5 Å². The van der Waals surface area contributed by atoms with Gasteiger partial charge in [0.1, 0.15) is 24.4 Å². The summed E-state index contributed by atoms with van der Waals surface area (Å²) in [7, 11) is 0. The Bertz CT molecular complexity index is 141. The van der Waals surface area contributed by atoms with Crippen molar-refractivity contribution in [2.75, 3.05) is 0 Å². The van der Waals surface area contributed by atoms with E-state index < -0.39 is 24.4 Å². The van der Waals surface area contributed by atoms with Crippen LogP contribution >= 0.6 is 0 Å². The molecule has 0 aromatic heterocycles. The Kier molecular flexibility index (Phi) is 7.48. The molecule has 0 unspecified atom stereocenters. The van der Waals surface area contributed by atoms with Gasteiger partial charge in [-0.3, -0.25) is 0 Å². The van der Waals surface area contributed by atoms with Crippen LogP contribution in [0, 0.1) is 0 Å². The maximum absolute atomic E-state index is 9.87. The molecule has 0 fully saturated rings. The van der Waals surface area contributed by atoms with Gasteiger partial charge in [0, 0.05) is 0 Å². The normalized spacial score (nSPS) is 19.1. The highest BCUT2D eigenvalue weighted by atomic mass is 16.4. The molecule has 0 aromatic carbocycles. The second kappa shape index (κ2) is 6.63. The van der Waals surface area contributed by atoms with Gasteiger partial charge in [-0.2, -0.15) is 0 Å². The van der Waals surface area contributed by atoms with Gasteiger partial charge in [-0.1, -0.05) is 0 Å². The van der Waals surface area contributed by atoms with Crippen molar-refractivity contribution < 1.29 is 35.5 Å². The molecule has 0 aromatic rings. The third-order valence-electron chi connectivity index (χ3n) is 1.33.